The minimum atomic E-state index is 0.827. The van der Waals surface area contributed by atoms with Crippen LogP contribution in [0.3, 0.4) is 0 Å². The van der Waals surface area contributed by atoms with Crippen molar-refractivity contribution in [1.82, 2.24) is 0 Å². The van der Waals surface area contributed by atoms with Gasteiger partial charge in [0, 0.05) is 0 Å². The Morgan fingerprint density at radius 3 is 1.61 bits per heavy atom. The van der Waals surface area contributed by atoms with Crippen molar-refractivity contribution in [3.63, 3.8) is 0 Å². The van der Waals surface area contributed by atoms with E-state index in [1.165, 1.54) is 141 Å². The molecule has 0 radical (unpaired) electrons. The molecule has 0 aromatic heterocycles. The maximum absolute atomic E-state index is 2.50. The van der Waals surface area contributed by atoms with Crippen molar-refractivity contribution in [3.8, 4) is 0 Å². The average Bonchev–Trinajstić information content (AvgIpc) is 2.81. The largest absolute Gasteiger partial charge is 0.0654 e. The van der Waals surface area contributed by atoms with Crippen molar-refractivity contribution >= 4 is 0 Å². The van der Waals surface area contributed by atoms with Gasteiger partial charge in [0.15, 0.2) is 0 Å². The van der Waals surface area contributed by atoms with Crippen molar-refractivity contribution < 1.29 is 0 Å². The van der Waals surface area contributed by atoms with Crippen LogP contribution in [0.1, 0.15) is 165 Å². The molecule has 0 amide bonds. The van der Waals surface area contributed by atoms with Gasteiger partial charge in [-0.25, -0.2) is 0 Å². The Bertz CT molecular complexity index is 523. The monoisotopic (exact) mass is 426 g/mol. The van der Waals surface area contributed by atoms with Gasteiger partial charge in [-0.05, 0) is 61.1 Å². The van der Waals surface area contributed by atoms with Gasteiger partial charge in [0.2, 0.25) is 0 Å². The van der Waals surface area contributed by atoms with E-state index in [2.05, 4.69) is 32.0 Å². The average molecular weight is 427 g/mol. The summed E-state index contributed by atoms with van der Waals surface area (Å²) in [6.07, 6.45) is 31.4. The molecule has 0 heterocycles. The summed E-state index contributed by atoms with van der Waals surface area (Å²) in [5, 5.41) is 0. The maximum Gasteiger partial charge on any atom is -0.0159 e. The molecule has 1 aliphatic rings. The number of fused-ring (bicyclic) bond motifs is 1. The molecule has 0 fully saturated rings. The van der Waals surface area contributed by atoms with E-state index in [-0.39, 0.29) is 0 Å². The number of hydrogen-bond donors (Lipinski definition) is 0. The van der Waals surface area contributed by atoms with E-state index in [0.29, 0.717) is 0 Å². The summed E-state index contributed by atoms with van der Waals surface area (Å²) >= 11 is 0. The topological polar surface area (TPSA) is 0 Å². The molecule has 1 aromatic carbocycles. The standard InChI is InChI=1S/C31H54/c1-3-5-7-9-11-13-15-17-22-28(23-18-16-14-12-10-8-6-4-2)31-27-21-25-29-24-19-20-26-30(29)31/h21,25,27-28H,3-20,22-24,26H2,1-2H3. The summed E-state index contributed by atoms with van der Waals surface area (Å²) < 4.78 is 0. The van der Waals surface area contributed by atoms with Gasteiger partial charge in [-0.2, -0.15) is 0 Å². The lowest BCUT2D eigenvalue weighted by Gasteiger charge is -2.25. The summed E-state index contributed by atoms with van der Waals surface area (Å²) in [4.78, 5) is 0. The minimum absolute atomic E-state index is 0.827. The Balaban J connectivity index is 1.78. The fourth-order valence-electron chi connectivity index (χ4n) is 5.70. The summed E-state index contributed by atoms with van der Waals surface area (Å²) in [6.45, 7) is 4.63. The summed E-state index contributed by atoms with van der Waals surface area (Å²) in [6, 6.07) is 7.29. The molecule has 0 spiro atoms. The first-order valence-electron chi connectivity index (χ1n) is 14.5. The fraction of sp³-hybridized carbons (Fsp3) is 0.806. The Kier molecular flexibility index (Phi) is 15.1. The first-order chi connectivity index (χ1) is 15.4. The minimum Gasteiger partial charge on any atom is -0.0654 e. The van der Waals surface area contributed by atoms with Crippen molar-refractivity contribution in [2.24, 2.45) is 0 Å². The Labute approximate surface area is 196 Å². The van der Waals surface area contributed by atoms with E-state index in [4.69, 9.17) is 0 Å². The molecule has 1 aliphatic carbocycles. The second kappa shape index (κ2) is 17.7. The second-order valence-electron chi connectivity index (χ2n) is 10.4. The molecule has 0 saturated carbocycles. The van der Waals surface area contributed by atoms with Crippen molar-refractivity contribution in [1.29, 1.82) is 0 Å². The van der Waals surface area contributed by atoms with Crippen LogP contribution >= 0.6 is 0 Å². The van der Waals surface area contributed by atoms with Crippen LogP contribution in [0.25, 0.3) is 0 Å². The van der Waals surface area contributed by atoms with Gasteiger partial charge in [-0.15, -0.1) is 0 Å². The van der Waals surface area contributed by atoms with E-state index in [0.717, 1.165) is 5.92 Å². The van der Waals surface area contributed by atoms with Gasteiger partial charge in [-0.3, -0.25) is 0 Å². The third-order valence-electron chi connectivity index (χ3n) is 7.68. The van der Waals surface area contributed by atoms with Gasteiger partial charge in [0.25, 0.3) is 0 Å². The number of rotatable bonds is 19. The summed E-state index contributed by atoms with van der Waals surface area (Å²) in [5.41, 5.74) is 5.20. The molecule has 31 heavy (non-hydrogen) atoms. The van der Waals surface area contributed by atoms with Crippen LogP contribution in [0.15, 0.2) is 18.2 Å². The number of unbranched alkanes of at least 4 members (excludes halogenated alkanes) is 14. The molecule has 0 heteroatoms. The highest BCUT2D eigenvalue weighted by atomic mass is 14.2. The smallest absolute Gasteiger partial charge is 0.0159 e. The molecule has 0 nitrogen and oxygen atoms in total. The maximum atomic E-state index is 2.50. The van der Waals surface area contributed by atoms with Gasteiger partial charge in [-0.1, -0.05) is 135 Å². The van der Waals surface area contributed by atoms with Crippen LogP contribution in [-0.2, 0) is 12.8 Å². The molecule has 0 unspecified atom stereocenters. The van der Waals surface area contributed by atoms with Crippen LogP contribution in [0.5, 0.6) is 0 Å². The van der Waals surface area contributed by atoms with Gasteiger partial charge in [0.1, 0.15) is 0 Å². The van der Waals surface area contributed by atoms with Crippen LogP contribution < -0.4 is 0 Å². The number of hydrogen-bond acceptors (Lipinski definition) is 0. The lowest BCUT2D eigenvalue weighted by molar-refractivity contribution is 0.479. The van der Waals surface area contributed by atoms with Crippen LogP contribution in [0.4, 0.5) is 0 Å². The normalized spacial score (nSPS) is 13.6. The predicted octanol–water partition coefficient (Wildman–Crippen LogP) is 10.7. The third kappa shape index (κ3) is 11.1. The van der Waals surface area contributed by atoms with Crippen LogP contribution in [0.2, 0.25) is 0 Å². The zero-order valence-corrected chi connectivity index (χ0v) is 21.4. The van der Waals surface area contributed by atoms with E-state index < -0.39 is 0 Å². The van der Waals surface area contributed by atoms with Crippen molar-refractivity contribution in [2.75, 3.05) is 0 Å². The quantitative estimate of drug-likeness (QED) is 0.193. The Hall–Kier alpha value is -0.780. The first kappa shape index (κ1) is 26.5. The van der Waals surface area contributed by atoms with Crippen LogP contribution in [0, 0.1) is 0 Å². The van der Waals surface area contributed by atoms with E-state index in [1.807, 2.05) is 0 Å². The predicted molar refractivity (Wildman–Crippen MR) is 140 cm³/mol. The SMILES string of the molecule is CCCCCCCCCCC(CCCCCCCCCC)c1cccc2c1CCCC2. The third-order valence-corrected chi connectivity index (χ3v) is 7.68. The molecular weight excluding hydrogens is 372 g/mol. The molecule has 1 aromatic rings. The lowest BCUT2D eigenvalue weighted by Crippen LogP contribution is -2.10. The Morgan fingerprint density at radius 2 is 1.06 bits per heavy atom. The summed E-state index contributed by atoms with van der Waals surface area (Å²) in [5.74, 6) is 0.827. The molecule has 178 valence electrons. The van der Waals surface area contributed by atoms with Crippen molar-refractivity contribution in [3.05, 3.63) is 34.9 Å². The summed E-state index contributed by atoms with van der Waals surface area (Å²) in [7, 11) is 0. The highest BCUT2D eigenvalue weighted by Gasteiger charge is 2.19. The molecule has 0 N–H and O–H groups in total. The van der Waals surface area contributed by atoms with Gasteiger partial charge in [0.05, 0.1) is 0 Å². The molecule has 2 rings (SSSR count). The number of aryl methyl sites for hydroxylation is 1. The van der Waals surface area contributed by atoms with E-state index in [9.17, 15) is 0 Å². The highest BCUT2D eigenvalue weighted by Crippen LogP contribution is 2.35. The molecule has 0 atom stereocenters. The van der Waals surface area contributed by atoms with Crippen molar-refractivity contribution in [2.45, 2.75) is 161 Å². The molecule has 0 bridgehead atoms. The zero-order chi connectivity index (χ0) is 22.0. The molecular formula is C31H54. The van der Waals surface area contributed by atoms with E-state index in [1.54, 1.807) is 16.7 Å². The second-order valence-corrected chi connectivity index (χ2v) is 10.4. The fourth-order valence-corrected chi connectivity index (χ4v) is 5.70. The van der Waals surface area contributed by atoms with E-state index >= 15 is 0 Å². The van der Waals surface area contributed by atoms with Crippen LogP contribution in [-0.4, -0.2) is 0 Å². The number of benzene rings is 1. The Morgan fingerprint density at radius 1 is 0.581 bits per heavy atom. The highest BCUT2D eigenvalue weighted by molar-refractivity contribution is 5.39. The molecule has 0 aliphatic heterocycles. The van der Waals surface area contributed by atoms with Gasteiger partial charge < -0.3 is 0 Å². The molecule has 0 saturated heterocycles. The lowest BCUT2D eigenvalue weighted by atomic mass is 9.80. The first-order valence-corrected chi connectivity index (χ1v) is 14.5. The zero-order valence-electron chi connectivity index (χ0n) is 21.4. The van der Waals surface area contributed by atoms with Gasteiger partial charge >= 0.3 is 0 Å².